The van der Waals surface area contributed by atoms with Gasteiger partial charge in [0.1, 0.15) is 0 Å². The lowest BCUT2D eigenvalue weighted by molar-refractivity contribution is 0.0940. The number of nitrogens with zero attached hydrogens (tertiary/aromatic N) is 2. The molecule has 1 atom stereocenters. The van der Waals surface area contributed by atoms with Gasteiger partial charge in [-0.15, -0.1) is 0 Å². The van der Waals surface area contributed by atoms with Crippen molar-refractivity contribution in [3.8, 4) is 11.1 Å². The molecule has 3 aromatic carbocycles. The molecule has 2 N–H and O–H groups in total. The lowest BCUT2D eigenvalue weighted by Gasteiger charge is -2.15. The van der Waals surface area contributed by atoms with Gasteiger partial charge in [-0.05, 0) is 42.7 Å². The number of rotatable bonds is 7. The molecule has 5 heteroatoms. The van der Waals surface area contributed by atoms with Crippen molar-refractivity contribution >= 4 is 11.9 Å². The van der Waals surface area contributed by atoms with Gasteiger partial charge in [0, 0.05) is 30.1 Å². The number of hydrogen-bond donors (Lipinski definition) is 2. The van der Waals surface area contributed by atoms with E-state index in [1.807, 2.05) is 61.5 Å². The Hall–Kier alpha value is -3.99. The summed E-state index contributed by atoms with van der Waals surface area (Å²) >= 11 is 0. The van der Waals surface area contributed by atoms with Crippen LogP contribution in [0.25, 0.3) is 11.1 Å². The zero-order valence-corrected chi connectivity index (χ0v) is 18.2. The molecule has 0 saturated heterocycles. The molecular formula is C27H26N4O. The topological polar surface area (TPSA) is 66.9 Å². The maximum atomic E-state index is 12.6. The standard InChI is InChI=1S/C27H26N4O/c1-19-8-10-22(11-9-19)20(2)31-26(32)24-14-12-23(13-15-24)25-17-29-27(30-18-25)28-16-21-6-4-3-5-7-21/h3-15,17-18,20H,16H2,1-2H3,(H,31,32)(H,28,29,30)/t20-/m1/s1. The summed E-state index contributed by atoms with van der Waals surface area (Å²) in [6.45, 7) is 4.71. The molecule has 0 spiro atoms. The van der Waals surface area contributed by atoms with Gasteiger partial charge in [-0.25, -0.2) is 9.97 Å². The quantitative estimate of drug-likeness (QED) is 0.409. The summed E-state index contributed by atoms with van der Waals surface area (Å²) in [4.78, 5) is 21.4. The first-order valence-electron chi connectivity index (χ1n) is 10.7. The summed E-state index contributed by atoms with van der Waals surface area (Å²) in [5.74, 6) is 0.486. The van der Waals surface area contributed by atoms with Crippen LogP contribution in [0.2, 0.25) is 0 Å². The number of anilines is 1. The third kappa shape index (κ3) is 5.38. The van der Waals surface area contributed by atoms with E-state index in [4.69, 9.17) is 0 Å². The number of carbonyl (C=O) groups excluding carboxylic acids is 1. The number of carbonyl (C=O) groups is 1. The molecule has 5 nitrogen and oxygen atoms in total. The molecule has 4 rings (SSSR count). The van der Waals surface area contributed by atoms with Crippen LogP contribution >= 0.6 is 0 Å². The predicted octanol–water partition coefficient (Wildman–Crippen LogP) is 5.56. The number of benzene rings is 3. The SMILES string of the molecule is Cc1ccc([C@@H](C)NC(=O)c2ccc(-c3cnc(NCc4ccccc4)nc3)cc2)cc1. The summed E-state index contributed by atoms with van der Waals surface area (Å²) in [5, 5.41) is 6.28. The van der Waals surface area contributed by atoms with Gasteiger partial charge in [0.15, 0.2) is 0 Å². The van der Waals surface area contributed by atoms with Gasteiger partial charge in [0.05, 0.1) is 6.04 Å². The molecular weight excluding hydrogens is 396 g/mol. The van der Waals surface area contributed by atoms with Crippen LogP contribution < -0.4 is 10.6 Å². The molecule has 0 saturated carbocycles. The van der Waals surface area contributed by atoms with Crippen molar-refractivity contribution in [2.75, 3.05) is 5.32 Å². The van der Waals surface area contributed by atoms with Gasteiger partial charge in [0.25, 0.3) is 5.91 Å². The van der Waals surface area contributed by atoms with Crippen LogP contribution in [0.4, 0.5) is 5.95 Å². The first-order chi connectivity index (χ1) is 15.6. The maximum absolute atomic E-state index is 12.6. The normalized spacial score (nSPS) is 11.6. The monoisotopic (exact) mass is 422 g/mol. The zero-order chi connectivity index (χ0) is 22.3. The van der Waals surface area contributed by atoms with E-state index in [9.17, 15) is 4.79 Å². The Morgan fingerprint density at radius 2 is 1.50 bits per heavy atom. The van der Waals surface area contributed by atoms with E-state index in [0.717, 1.165) is 16.7 Å². The van der Waals surface area contributed by atoms with Crippen molar-refractivity contribution in [1.29, 1.82) is 0 Å². The maximum Gasteiger partial charge on any atom is 0.251 e. The van der Waals surface area contributed by atoms with Gasteiger partial charge in [-0.3, -0.25) is 4.79 Å². The molecule has 0 aliphatic carbocycles. The Morgan fingerprint density at radius 1 is 0.844 bits per heavy atom. The van der Waals surface area contributed by atoms with Gasteiger partial charge in [-0.1, -0.05) is 72.3 Å². The van der Waals surface area contributed by atoms with Crippen molar-refractivity contribution in [3.63, 3.8) is 0 Å². The van der Waals surface area contributed by atoms with Crippen LogP contribution in [0.1, 0.15) is 40.0 Å². The summed E-state index contributed by atoms with van der Waals surface area (Å²) in [6.07, 6.45) is 3.57. The van der Waals surface area contributed by atoms with Crippen LogP contribution in [0.15, 0.2) is 91.3 Å². The van der Waals surface area contributed by atoms with E-state index in [1.54, 1.807) is 12.4 Å². The van der Waals surface area contributed by atoms with Crippen molar-refractivity contribution in [2.24, 2.45) is 0 Å². The minimum Gasteiger partial charge on any atom is -0.350 e. The van der Waals surface area contributed by atoms with Gasteiger partial charge in [-0.2, -0.15) is 0 Å². The zero-order valence-electron chi connectivity index (χ0n) is 18.2. The smallest absolute Gasteiger partial charge is 0.251 e. The molecule has 1 aromatic heterocycles. The molecule has 160 valence electrons. The fourth-order valence-corrected chi connectivity index (χ4v) is 3.38. The predicted molar refractivity (Wildman–Crippen MR) is 128 cm³/mol. The van der Waals surface area contributed by atoms with Gasteiger partial charge >= 0.3 is 0 Å². The molecule has 1 amide bonds. The number of aryl methyl sites for hydroxylation is 1. The second-order valence-electron chi connectivity index (χ2n) is 7.82. The summed E-state index contributed by atoms with van der Waals surface area (Å²) < 4.78 is 0. The highest BCUT2D eigenvalue weighted by Crippen LogP contribution is 2.20. The summed E-state index contributed by atoms with van der Waals surface area (Å²) in [5.41, 5.74) is 5.93. The van der Waals surface area contributed by atoms with Crippen LogP contribution in [0.3, 0.4) is 0 Å². The van der Waals surface area contributed by atoms with Gasteiger partial charge in [0.2, 0.25) is 5.95 Å². The highest BCUT2D eigenvalue weighted by molar-refractivity contribution is 5.94. The molecule has 0 unspecified atom stereocenters. The van der Waals surface area contributed by atoms with Gasteiger partial charge < -0.3 is 10.6 Å². The Bertz CT molecular complexity index is 1160. The number of amides is 1. The summed E-state index contributed by atoms with van der Waals surface area (Å²) in [6, 6.07) is 25.7. The lowest BCUT2D eigenvalue weighted by atomic mass is 10.0. The lowest BCUT2D eigenvalue weighted by Crippen LogP contribution is -2.26. The average Bonchev–Trinajstić information content (AvgIpc) is 2.84. The number of hydrogen-bond acceptors (Lipinski definition) is 4. The molecule has 32 heavy (non-hydrogen) atoms. The van der Waals surface area contributed by atoms with Crippen molar-refractivity contribution < 1.29 is 4.79 Å². The van der Waals surface area contributed by atoms with E-state index < -0.39 is 0 Å². The Balaban J connectivity index is 1.36. The van der Waals surface area contributed by atoms with E-state index >= 15 is 0 Å². The minimum absolute atomic E-state index is 0.0629. The molecule has 0 aliphatic rings. The van der Waals surface area contributed by atoms with Crippen LogP contribution in [0, 0.1) is 6.92 Å². The van der Waals surface area contributed by atoms with Crippen molar-refractivity contribution in [2.45, 2.75) is 26.4 Å². The van der Waals surface area contributed by atoms with Crippen LogP contribution in [0.5, 0.6) is 0 Å². The van der Waals surface area contributed by atoms with E-state index in [2.05, 4.69) is 51.8 Å². The second kappa shape index (κ2) is 9.88. The average molecular weight is 423 g/mol. The third-order valence-corrected chi connectivity index (χ3v) is 5.35. The van der Waals surface area contributed by atoms with E-state index in [-0.39, 0.29) is 11.9 Å². The number of aromatic nitrogens is 2. The van der Waals surface area contributed by atoms with Crippen molar-refractivity contribution in [1.82, 2.24) is 15.3 Å². The Labute approximate surface area is 188 Å². The Kier molecular flexibility index (Phi) is 6.56. The highest BCUT2D eigenvalue weighted by atomic mass is 16.1. The molecule has 0 bridgehead atoms. The highest BCUT2D eigenvalue weighted by Gasteiger charge is 2.12. The van der Waals surface area contributed by atoms with Crippen LogP contribution in [-0.4, -0.2) is 15.9 Å². The largest absolute Gasteiger partial charge is 0.350 e. The molecule has 4 aromatic rings. The fraction of sp³-hybridized carbons (Fsp3) is 0.148. The molecule has 0 fully saturated rings. The summed E-state index contributed by atoms with van der Waals surface area (Å²) in [7, 11) is 0. The van der Waals surface area contributed by atoms with E-state index in [0.29, 0.717) is 18.1 Å². The minimum atomic E-state index is -0.0960. The molecule has 0 radical (unpaired) electrons. The van der Waals surface area contributed by atoms with Crippen LogP contribution in [-0.2, 0) is 6.54 Å². The first-order valence-corrected chi connectivity index (χ1v) is 10.7. The molecule has 0 aliphatic heterocycles. The first kappa shape index (κ1) is 21.2. The Morgan fingerprint density at radius 3 is 2.16 bits per heavy atom. The molecule has 1 heterocycles. The van der Waals surface area contributed by atoms with Crippen molar-refractivity contribution in [3.05, 3.63) is 114 Å². The third-order valence-electron chi connectivity index (χ3n) is 5.35. The van der Waals surface area contributed by atoms with E-state index in [1.165, 1.54) is 11.1 Å². The second-order valence-corrected chi connectivity index (χ2v) is 7.82. The fourth-order valence-electron chi connectivity index (χ4n) is 3.38. The number of nitrogens with one attached hydrogen (secondary N) is 2.